The number of hydrogen-bond acceptors (Lipinski definition) is 3. The summed E-state index contributed by atoms with van der Waals surface area (Å²) in [5, 5.41) is 2.58. The van der Waals surface area contributed by atoms with Crippen molar-refractivity contribution in [2.45, 2.75) is 0 Å². The Morgan fingerprint density at radius 1 is 1.57 bits per heavy atom. The molecule has 1 atom stereocenters. The summed E-state index contributed by atoms with van der Waals surface area (Å²) in [5.74, 6) is 0. The smallest absolute Gasteiger partial charge is 0.153 e. The Labute approximate surface area is 43.3 Å². The van der Waals surface area contributed by atoms with E-state index in [0.29, 0.717) is 0 Å². The van der Waals surface area contributed by atoms with E-state index in [4.69, 9.17) is 0 Å². The molecule has 4 heteroatoms. The van der Waals surface area contributed by atoms with Crippen LogP contribution < -0.4 is 5.09 Å². The molecule has 0 heterocycles. The normalized spacial score (nSPS) is 9.71. The van der Waals surface area contributed by atoms with Gasteiger partial charge in [0, 0.05) is 8.73 Å². The van der Waals surface area contributed by atoms with Crippen LogP contribution in [-0.4, -0.2) is 18.9 Å². The van der Waals surface area contributed by atoms with Crippen LogP contribution in [0.1, 0.15) is 0 Å². The summed E-state index contributed by atoms with van der Waals surface area (Å²) in [6, 6.07) is 0.740. The monoisotopic (exact) mass is 119 g/mol. The van der Waals surface area contributed by atoms with E-state index in [0.717, 1.165) is 12.3 Å². The van der Waals surface area contributed by atoms with Crippen molar-refractivity contribution in [3.8, 4) is 0 Å². The van der Waals surface area contributed by atoms with Gasteiger partial charge in [0.1, 0.15) is 6.29 Å². The van der Waals surface area contributed by atoms with Gasteiger partial charge in [-0.05, 0) is 0 Å². The summed E-state index contributed by atoms with van der Waals surface area (Å²) in [6.45, 7) is 0.275. The molecule has 1 unspecified atom stereocenters. The van der Waals surface area contributed by atoms with Crippen LogP contribution in [0.4, 0.5) is 0 Å². The van der Waals surface area contributed by atoms with Gasteiger partial charge in [0.05, 0.1) is 6.54 Å². The summed E-state index contributed by atoms with van der Waals surface area (Å²) in [5.41, 5.74) is 0. The molecular formula is C3H6NO2P. The van der Waals surface area contributed by atoms with Gasteiger partial charge in [0.2, 0.25) is 0 Å². The van der Waals surface area contributed by atoms with Gasteiger partial charge in [-0.1, -0.05) is 0 Å². The Kier molecular flexibility index (Phi) is 5.51. The van der Waals surface area contributed by atoms with Crippen LogP contribution in [0.25, 0.3) is 0 Å². The van der Waals surface area contributed by atoms with Crippen LogP contribution in [-0.2, 0) is 9.59 Å². The lowest BCUT2D eigenvalue weighted by Gasteiger charge is -1.85. The highest BCUT2D eigenvalue weighted by atomic mass is 31.1. The first-order valence-electron chi connectivity index (χ1n) is 1.77. The van der Waals surface area contributed by atoms with Crippen molar-refractivity contribution in [1.82, 2.24) is 5.09 Å². The van der Waals surface area contributed by atoms with Gasteiger partial charge in [-0.2, -0.15) is 0 Å². The predicted octanol–water partition coefficient (Wildman–Crippen LogP) is -0.441. The van der Waals surface area contributed by atoms with E-state index < -0.39 is 0 Å². The van der Waals surface area contributed by atoms with Gasteiger partial charge in [-0.15, -0.1) is 0 Å². The van der Waals surface area contributed by atoms with E-state index in [2.05, 4.69) is 5.09 Å². The number of nitrogens with one attached hydrogen (secondary N) is 1. The van der Waals surface area contributed by atoms with Crippen molar-refractivity contribution in [3.05, 3.63) is 0 Å². The predicted molar refractivity (Wildman–Crippen MR) is 29.1 cm³/mol. The molecule has 0 aromatic heterocycles. The average molecular weight is 119 g/mol. The fourth-order valence-electron chi connectivity index (χ4n) is 0.142. The van der Waals surface area contributed by atoms with E-state index in [1.54, 1.807) is 0 Å². The Morgan fingerprint density at radius 3 is 2.71 bits per heavy atom. The Morgan fingerprint density at radius 2 is 2.29 bits per heavy atom. The molecule has 40 valence electrons. The molecule has 7 heavy (non-hydrogen) atoms. The van der Waals surface area contributed by atoms with E-state index in [9.17, 15) is 9.59 Å². The van der Waals surface area contributed by atoms with E-state index in [-0.39, 0.29) is 15.3 Å². The van der Waals surface area contributed by atoms with Gasteiger partial charge in [0.25, 0.3) is 0 Å². The van der Waals surface area contributed by atoms with E-state index in [1.807, 2.05) is 0 Å². The highest BCUT2D eigenvalue weighted by molar-refractivity contribution is 7.52. The first-order chi connectivity index (χ1) is 3.41. The highest BCUT2D eigenvalue weighted by Crippen LogP contribution is 1.89. The van der Waals surface area contributed by atoms with Crippen LogP contribution in [0.2, 0.25) is 0 Å². The number of aldehydes is 1. The van der Waals surface area contributed by atoms with Gasteiger partial charge in [-0.3, -0.25) is 9.88 Å². The second-order valence-corrected chi connectivity index (χ2v) is 1.69. The largest absolute Gasteiger partial charge is 0.302 e. The van der Waals surface area contributed by atoms with Crippen molar-refractivity contribution in [1.29, 1.82) is 0 Å². The van der Waals surface area contributed by atoms with Crippen molar-refractivity contribution in [2.24, 2.45) is 0 Å². The minimum absolute atomic E-state index is 0.0599. The second-order valence-electron chi connectivity index (χ2n) is 0.810. The lowest BCUT2D eigenvalue weighted by Crippen LogP contribution is -2.03. The SMILES string of the molecule is O=CCNPC=O. The second kappa shape index (κ2) is 5.73. The molecule has 0 bridgehead atoms. The van der Waals surface area contributed by atoms with Crippen LogP contribution >= 0.6 is 8.73 Å². The molecule has 0 spiro atoms. The van der Waals surface area contributed by atoms with Gasteiger partial charge in [-0.25, -0.2) is 0 Å². The summed E-state index contributed by atoms with van der Waals surface area (Å²) in [7, 11) is 0.0599. The van der Waals surface area contributed by atoms with Crippen molar-refractivity contribution < 1.29 is 9.59 Å². The molecule has 0 aliphatic carbocycles. The third-order valence-electron chi connectivity index (χ3n) is 0.346. The zero-order valence-corrected chi connectivity index (χ0v) is 4.68. The first kappa shape index (κ1) is 6.73. The molecule has 0 aromatic carbocycles. The number of rotatable bonds is 4. The topological polar surface area (TPSA) is 46.2 Å². The zero-order valence-electron chi connectivity index (χ0n) is 3.68. The van der Waals surface area contributed by atoms with Gasteiger partial charge < -0.3 is 4.79 Å². The summed E-state index contributed by atoms with van der Waals surface area (Å²) >= 11 is 0. The van der Waals surface area contributed by atoms with Crippen molar-refractivity contribution in [3.63, 3.8) is 0 Å². The molecule has 1 N–H and O–H groups in total. The molecule has 0 rings (SSSR count). The molecule has 0 saturated carbocycles. The minimum atomic E-state index is 0.0599. The molecular weight excluding hydrogens is 113 g/mol. The lowest BCUT2D eigenvalue weighted by atomic mass is 10.8. The maximum Gasteiger partial charge on any atom is 0.153 e. The summed E-state index contributed by atoms with van der Waals surface area (Å²) < 4.78 is 0. The van der Waals surface area contributed by atoms with Crippen molar-refractivity contribution >= 4 is 21.0 Å². The Bertz CT molecular complexity index is 58.0. The van der Waals surface area contributed by atoms with Gasteiger partial charge >= 0.3 is 0 Å². The molecule has 3 nitrogen and oxygen atoms in total. The third-order valence-corrected chi connectivity index (χ3v) is 0.872. The average Bonchev–Trinajstić information content (AvgIpc) is 1.69. The van der Waals surface area contributed by atoms with Crippen molar-refractivity contribution in [2.75, 3.05) is 6.54 Å². The zero-order chi connectivity index (χ0) is 5.54. The molecule has 0 amide bonds. The highest BCUT2D eigenvalue weighted by Gasteiger charge is 1.75. The number of carbonyl (C=O) groups is 2. The van der Waals surface area contributed by atoms with Crippen LogP contribution in [0.3, 0.4) is 0 Å². The minimum Gasteiger partial charge on any atom is -0.302 e. The molecule has 0 radical (unpaired) electrons. The van der Waals surface area contributed by atoms with Crippen LogP contribution in [0.15, 0.2) is 0 Å². The summed E-state index contributed by atoms with van der Waals surface area (Å²) in [6.07, 6.45) is 0.719. The Hall–Kier alpha value is -0.270. The quantitative estimate of drug-likeness (QED) is 0.310. The fourth-order valence-corrected chi connectivity index (χ4v) is 0.427. The number of carbonyl (C=O) groups excluding carboxylic acids is 2. The molecule has 0 saturated heterocycles. The molecule has 0 aromatic rings. The van der Waals surface area contributed by atoms with E-state index in [1.165, 1.54) is 0 Å². The summed E-state index contributed by atoms with van der Waals surface area (Å²) in [4.78, 5) is 19.0. The fraction of sp³-hybridized carbons (Fsp3) is 0.333. The number of hydrogen-bond donors (Lipinski definition) is 1. The van der Waals surface area contributed by atoms with Crippen LogP contribution in [0, 0.1) is 0 Å². The maximum atomic E-state index is 9.51. The first-order valence-corrected chi connectivity index (χ1v) is 2.85. The lowest BCUT2D eigenvalue weighted by molar-refractivity contribution is -0.106. The van der Waals surface area contributed by atoms with Gasteiger partial charge in [0.15, 0.2) is 6.03 Å². The molecule has 0 aliphatic heterocycles. The molecule has 0 aliphatic rings. The Balaban J connectivity index is 2.68. The third kappa shape index (κ3) is 5.73. The maximum absolute atomic E-state index is 9.51. The van der Waals surface area contributed by atoms with E-state index >= 15 is 0 Å². The standard InChI is InChI=1S/C3H6NO2P/c5-2-1-4-7-3-6/h2-4,7H,1H2. The van der Waals surface area contributed by atoms with Crippen LogP contribution in [0.5, 0.6) is 0 Å². The molecule has 0 fully saturated rings.